The Morgan fingerprint density at radius 2 is 1.97 bits per heavy atom. The van der Waals surface area contributed by atoms with E-state index in [-0.39, 0.29) is 5.92 Å². The van der Waals surface area contributed by atoms with Gasteiger partial charge in [0.25, 0.3) is 5.91 Å². The number of ether oxygens (including phenoxy) is 1. The molecule has 1 heterocycles. The number of carboxylic acids is 1. The number of amides is 1. The molecule has 0 saturated carbocycles. The van der Waals surface area contributed by atoms with Crippen LogP contribution < -0.4 is 9.64 Å². The van der Waals surface area contributed by atoms with E-state index in [1.54, 1.807) is 31.4 Å². The van der Waals surface area contributed by atoms with Crippen molar-refractivity contribution >= 4 is 23.3 Å². The number of benzodiazepines with no additional fused rings is 1. The number of aliphatic carboxylic acids is 1. The fourth-order valence-corrected chi connectivity index (χ4v) is 3.35. The van der Waals surface area contributed by atoms with E-state index in [4.69, 9.17) is 9.73 Å². The van der Waals surface area contributed by atoms with E-state index in [1.165, 1.54) is 23.1 Å². The van der Waals surface area contributed by atoms with Crippen LogP contribution in [-0.2, 0) is 9.59 Å². The maximum absolute atomic E-state index is 14.1. The average Bonchev–Trinajstić information content (AvgIpc) is 2.82. The Hall–Kier alpha value is -3.22. The third-order valence-corrected chi connectivity index (χ3v) is 5.13. The zero-order chi connectivity index (χ0) is 21.1. The Bertz CT molecular complexity index is 956. The number of benzene rings is 2. The number of hydrogen-bond acceptors (Lipinski definition) is 4. The van der Waals surface area contributed by atoms with E-state index in [2.05, 4.69) is 0 Å². The molecule has 1 N–H and O–H groups in total. The van der Waals surface area contributed by atoms with Crippen molar-refractivity contribution < 1.29 is 23.8 Å². The normalized spacial score (nSPS) is 17.2. The van der Waals surface area contributed by atoms with E-state index in [0.717, 1.165) is 0 Å². The quantitative estimate of drug-likeness (QED) is 0.808. The lowest BCUT2D eigenvalue weighted by Gasteiger charge is -2.25. The number of carboxylic acid groups (broad SMARTS) is 1. The summed E-state index contributed by atoms with van der Waals surface area (Å²) < 4.78 is 19.3. The molecule has 2 aromatic carbocycles. The fraction of sp³-hybridized carbons (Fsp3) is 0.318. The lowest BCUT2D eigenvalue weighted by molar-refractivity contribution is -0.136. The molecule has 3 rings (SSSR count). The predicted molar refractivity (Wildman–Crippen MR) is 108 cm³/mol. The molecular weight excluding hydrogens is 375 g/mol. The van der Waals surface area contributed by atoms with Gasteiger partial charge in [0.2, 0.25) is 0 Å². The van der Waals surface area contributed by atoms with Crippen LogP contribution in [0, 0.1) is 11.7 Å². The van der Waals surface area contributed by atoms with Gasteiger partial charge in [0.05, 0.1) is 18.5 Å². The summed E-state index contributed by atoms with van der Waals surface area (Å²) in [5.41, 5.74) is 1.86. The summed E-state index contributed by atoms with van der Waals surface area (Å²) in [6.45, 7) is 3.32. The standard InChI is InChI=1S/C22H23FN2O4/c1-4-13(2)20-22(28)25(12-19(26)27)18-10-7-15(23)11-17(18)21(24-20)14-5-8-16(29-3)9-6-14/h5-11,13,20H,4,12H2,1-3H3,(H,26,27)/t13-,20-/m0/s1. The summed E-state index contributed by atoms with van der Waals surface area (Å²) in [7, 11) is 1.56. The highest BCUT2D eigenvalue weighted by molar-refractivity contribution is 6.20. The molecule has 1 aliphatic heterocycles. The monoisotopic (exact) mass is 398 g/mol. The number of fused-ring (bicyclic) bond motifs is 1. The smallest absolute Gasteiger partial charge is 0.323 e. The van der Waals surface area contributed by atoms with Gasteiger partial charge in [-0.25, -0.2) is 4.39 Å². The van der Waals surface area contributed by atoms with Crippen LogP contribution in [0.4, 0.5) is 10.1 Å². The molecule has 0 saturated heterocycles. The van der Waals surface area contributed by atoms with E-state index in [0.29, 0.717) is 34.7 Å². The predicted octanol–water partition coefficient (Wildman–Crippen LogP) is 3.52. The first-order valence-electron chi connectivity index (χ1n) is 9.41. The number of nitrogens with zero attached hydrogens (tertiary/aromatic N) is 2. The van der Waals surface area contributed by atoms with Gasteiger partial charge in [-0.2, -0.15) is 0 Å². The molecule has 0 fully saturated rings. The van der Waals surface area contributed by atoms with Crippen LogP contribution in [0.15, 0.2) is 47.5 Å². The minimum absolute atomic E-state index is 0.119. The van der Waals surface area contributed by atoms with Crippen molar-refractivity contribution in [1.29, 1.82) is 0 Å². The minimum atomic E-state index is -1.15. The van der Waals surface area contributed by atoms with Crippen LogP contribution in [0.3, 0.4) is 0 Å². The van der Waals surface area contributed by atoms with Gasteiger partial charge >= 0.3 is 5.97 Å². The molecule has 6 nitrogen and oxygen atoms in total. The third-order valence-electron chi connectivity index (χ3n) is 5.13. The molecule has 7 heteroatoms. The number of carbonyl (C=O) groups excluding carboxylic acids is 1. The molecule has 0 aromatic heterocycles. The molecule has 0 radical (unpaired) electrons. The Morgan fingerprint density at radius 1 is 1.28 bits per heavy atom. The molecule has 1 aliphatic rings. The van der Waals surface area contributed by atoms with Gasteiger partial charge in [-0.05, 0) is 48.4 Å². The molecule has 0 unspecified atom stereocenters. The molecular formula is C22H23FN2O4. The average molecular weight is 398 g/mol. The Balaban J connectivity index is 2.25. The number of carbonyl (C=O) groups is 2. The van der Waals surface area contributed by atoms with Crippen LogP contribution in [0.1, 0.15) is 31.4 Å². The highest BCUT2D eigenvalue weighted by Crippen LogP contribution is 2.32. The van der Waals surface area contributed by atoms with E-state index in [9.17, 15) is 19.1 Å². The molecule has 0 spiro atoms. The lowest BCUT2D eigenvalue weighted by Crippen LogP contribution is -2.43. The summed E-state index contributed by atoms with van der Waals surface area (Å²) in [5.74, 6) is -1.51. The molecule has 2 atom stereocenters. The second kappa shape index (κ2) is 8.43. The van der Waals surface area contributed by atoms with Crippen molar-refractivity contribution in [2.75, 3.05) is 18.6 Å². The summed E-state index contributed by atoms with van der Waals surface area (Å²) >= 11 is 0. The van der Waals surface area contributed by atoms with Crippen LogP contribution in [0.25, 0.3) is 0 Å². The van der Waals surface area contributed by atoms with Gasteiger partial charge in [0, 0.05) is 11.1 Å². The summed E-state index contributed by atoms with van der Waals surface area (Å²) in [6.07, 6.45) is 0.682. The van der Waals surface area contributed by atoms with Crippen LogP contribution in [0.2, 0.25) is 0 Å². The third kappa shape index (κ3) is 4.13. The fourth-order valence-electron chi connectivity index (χ4n) is 3.35. The van der Waals surface area contributed by atoms with Gasteiger partial charge in [-0.15, -0.1) is 0 Å². The number of anilines is 1. The first-order valence-corrected chi connectivity index (χ1v) is 9.41. The van der Waals surface area contributed by atoms with E-state index >= 15 is 0 Å². The van der Waals surface area contributed by atoms with Crippen molar-refractivity contribution in [3.8, 4) is 5.75 Å². The maximum Gasteiger partial charge on any atom is 0.323 e. The summed E-state index contributed by atoms with van der Waals surface area (Å²) in [6, 6.07) is 10.3. The van der Waals surface area contributed by atoms with Crippen molar-refractivity contribution in [3.05, 3.63) is 59.4 Å². The van der Waals surface area contributed by atoms with Gasteiger partial charge < -0.3 is 9.84 Å². The Kier molecular flexibility index (Phi) is 5.96. The van der Waals surface area contributed by atoms with E-state index in [1.807, 2.05) is 13.8 Å². The number of hydrogen-bond donors (Lipinski definition) is 1. The summed E-state index contributed by atoms with van der Waals surface area (Å²) in [5, 5.41) is 9.36. The highest BCUT2D eigenvalue weighted by Gasteiger charge is 2.35. The van der Waals surface area contributed by atoms with Crippen molar-refractivity contribution in [2.45, 2.75) is 26.3 Å². The first kappa shape index (κ1) is 20.5. The van der Waals surface area contributed by atoms with Crippen molar-refractivity contribution in [2.24, 2.45) is 10.9 Å². The molecule has 2 aromatic rings. The second-order valence-electron chi connectivity index (χ2n) is 7.02. The number of rotatable bonds is 6. The van der Waals surface area contributed by atoms with Crippen LogP contribution in [0.5, 0.6) is 5.75 Å². The van der Waals surface area contributed by atoms with Gasteiger partial charge in [0.15, 0.2) is 0 Å². The van der Waals surface area contributed by atoms with E-state index < -0.39 is 30.3 Å². The minimum Gasteiger partial charge on any atom is -0.497 e. The molecule has 152 valence electrons. The topological polar surface area (TPSA) is 79.2 Å². The molecule has 0 aliphatic carbocycles. The zero-order valence-corrected chi connectivity index (χ0v) is 16.6. The van der Waals surface area contributed by atoms with Gasteiger partial charge in [-0.1, -0.05) is 20.3 Å². The van der Waals surface area contributed by atoms with Crippen molar-refractivity contribution in [3.63, 3.8) is 0 Å². The molecule has 0 bridgehead atoms. The van der Waals surface area contributed by atoms with Crippen molar-refractivity contribution in [1.82, 2.24) is 0 Å². The largest absolute Gasteiger partial charge is 0.497 e. The number of methoxy groups -OCH3 is 1. The maximum atomic E-state index is 14.1. The molecule has 29 heavy (non-hydrogen) atoms. The lowest BCUT2D eigenvalue weighted by atomic mass is 9.97. The van der Waals surface area contributed by atoms with Crippen LogP contribution in [-0.4, -0.2) is 42.4 Å². The van der Waals surface area contributed by atoms with Gasteiger partial charge in [0.1, 0.15) is 24.2 Å². The number of halogens is 1. The SMILES string of the molecule is CC[C@H](C)[C@@H]1N=C(c2ccc(OC)cc2)c2cc(F)ccc2N(CC(=O)O)C1=O. The first-order chi connectivity index (χ1) is 13.8. The van der Waals surface area contributed by atoms with Gasteiger partial charge in [-0.3, -0.25) is 19.5 Å². The highest BCUT2D eigenvalue weighted by atomic mass is 19.1. The Labute approximate surface area is 168 Å². The number of aliphatic imine (C=N–C) groups is 1. The molecule has 1 amide bonds. The summed E-state index contributed by atoms with van der Waals surface area (Å²) in [4.78, 5) is 30.6. The zero-order valence-electron chi connectivity index (χ0n) is 16.6. The second-order valence-corrected chi connectivity index (χ2v) is 7.02. The Morgan fingerprint density at radius 3 is 2.55 bits per heavy atom. The van der Waals surface area contributed by atoms with Crippen LogP contribution >= 0.6 is 0 Å².